The number of anilines is 1. The minimum atomic E-state index is -4.32. The Hall–Kier alpha value is -1.26. The van der Waals surface area contributed by atoms with Gasteiger partial charge in [-0.15, -0.1) is 0 Å². The average molecular weight is 244 g/mol. The van der Waals surface area contributed by atoms with Gasteiger partial charge in [0.25, 0.3) is 0 Å². The zero-order chi connectivity index (χ0) is 12.7. The zero-order valence-corrected chi connectivity index (χ0v) is 9.80. The van der Waals surface area contributed by atoms with Gasteiger partial charge in [0.2, 0.25) is 0 Å². The average Bonchev–Trinajstić information content (AvgIpc) is 2.99. The molecule has 1 aliphatic rings. The molecule has 0 aliphatic heterocycles. The van der Waals surface area contributed by atoms with E-state index >= 15 is 0 Å². The number of hydrogen-bond donors (Lipinski definition) is 1. The van der Waals surface area contributed by atoms with Crippen LogP contribution in [0.1, 0.15) is 32.3 Å². The van der Waals surface area contributed by atoms with Crippen molar-refractivity contribution in [3.05, 3.63) is 23.9 Å². The first-order chi connectivity index (χ1) is 7.79. The molecule has 94 valence electrons. The summed E-state index contributed by atoms with van der Waals surface area (Å²) in [6, 6.07) is 2.44. The minimum Gasteiger partial charge on any atom is -0.365 e. The highest BCUT2D eigenvalue weighted by Crippen LogP contribution is 2.41. The maximum atomic E-state index is 12.3. The SMILES string of the molecule is CC(C)(Nc1ccc(C(F)(F)F)cn1)C1CC1. The molecule has 5 heteroatoms. The van der Waals surface area contributed by atoms with Crippen LogP contribution in [0.15, 0.2) is 18.3 Å². The first kappa shape index (κ1) is 12.2. The second-order valence-corrected chi connectivity index (χ2v) is 5.05. The van der Waals surface area contributed by atoms with Gasteiger partial charge >= 0.3 is 6.18 Å². The van der Waals surface area contributed by atoms with E-state index in [-0.39, 0.29) is 5.54 Å². The molecule has 0 amide bonds. The maximum Gasteiger partial charge on any atom is 0.417 e. The number of hydrogen-bond acceptors (Lipinski definition) is 2. The van der Waals surface area contributed by atoms with Crippen molar-refractivity contribution >= 4 is 5.82 Å². The lowest BCUT2D eigenvalue weighted by Crippen LogP contribution is -2.33. The van der Waals surface area contributed by atoms with Crippen molar-refractivity contribution in [2.24, 2.45) is 5.92 Å². The number of pyridine rings is 1. The maximum absolute atomic E-state index is 12.3. The van der Waals surface area contributed by atoms with Crippen LogP contribution in [-0.4, -0.2) is 10.5 Å². The molecule has 0 unspecified atom stereocenters. The summed E-state index contributed by atoms with van der Waals surface area (Å²) in [4.78, 5) is 3.81. The molecule has 0 aromatic carbocycles. The Bertz CT molecular complexity index is 391. The molecular weight excluding hydrogens is 229 g/mol. The van der Waals surface area contributed by atoms with Gasteiger partial charge in [0.1, 0.15) is 5.82 Å². The third-order valence-corrected chi connectivity index (χ3v) is 3.14. The Balaban J connectivity index is 2.08. The molecule has 2 nitrogen and oxygen atoms in total. The molecule has 0 spiro atoms. The largest absolute Gasteiger partial charge is 0.417 e. The Morgan fingerprint density at radius 3 is 2.29 bits per heavy atom. The van der Waals surface area contributed by atoms with Gasteiger partial charge in [-0.2, -0.15) is 13.2 Å². The molecule has 1 aromatic heterocycles. The highest BCUT2D eigenvalue weighted by Gasteiger charge is 2.38. The third kappa shape index (κ3) is 2.90. The molecule has 0 bridgehead atoms. The van der Waals surface area contributed by atoms with Crippen molar-refractivity contribution in [3.8, 4) is 0 Å². The van der Waals surface area contributed by atoms with Crippen LogP contribution in [0.3, 0.4) is 0 Å². The molecule has 1 aliphatic carbocycles. The standard InChI is InChI=1S/C12H15F3N2/c1-11(2,8-3-4-8)17-10-6-5-9(7-16-10)12(13,14)15/h5-8H,3-4H2,1-2H3,(H,16,17). The molecule has 1 aromatic rings. The van der Waals surface area contributed by atoms with Gasteiger partial charge < -0.3 is 5.32 Å². The van der Waals surface area contributed by atoms with E-state index in [1.807, 2.05) is 13.8 Å². The summed E-state index contributed by atoms with van der Waals surface area (Å²) in [7, 11) is 0. The number of nitrogens with one attached hydrogen (secondary N) is 1. The molecule has 0 saturated heterocycles. The fourth-order valence-electron chi connectivity index (χ4n) is 1.87. The van der Waals surface area contributed by atoms with E-state index in [1.54, 1.807) is 0 Å². The van der Waals surface area contributed by atoms with Gasteiger partial charge in [0, 0.05) is 11.7 Å². The summed E-state index contributed by atoms with van der Waals surface area (Å²) in [5.74, 6) is 1.08. The third-order valence-electron chi connectivity index (χ3n) is 3.14. The monoisotopic (exact) mass is 244 g/mol. The van der Waals surface area contributed by atoms with Crippen molar-refractivity contribution < 1.29 is 13.2 Å². The van der Waals surface area contributed by atoms with Crippen molar-refractivity contribution in [3.63, 3.8) is 0 Å². The van der Waals surface area contributed by atoms with E-state index in [0.29, 0.717) is 11.7 Å². The summed E-state index contributed by atoms with van der Waals surface area (Å²) in [6.07, 6.45) is -1.12. The van der Waals surface area contributed by atoms with Crippen LogP contribution in [0.4, 0.5) is 19.0 Å². The van der Waals surface area contributed by atoms with Crippen LogP contribution in [0, 0.1) is 5.92 Å². The van der Waals surface area contributed by atoms with Gasteiger partial charge in [-0.25, -0.2) is 4.98 Å². The quantitative estimate of drug-likeness (QED) is 0.876. The topological polar surface area (TPSA) is 24.9 Å². The van der Waals surface area contributed by atoms with Crippen molar-refractivity contribution in [2.75, 3.05) is 5.32 Å². The Morgan fingerprint density at radius 2 is 1.88 bits per heavy atom. The molecule has 0 atom stereocenters. The summed E-state index contributed by atoms with van der Waals surface area (Å²) >= 11 is 0. The molecule has 2 rings (SSSR count). The van der Waals surface area contributed by atoms with Crippen molar-refractivity contribution in [1.29, 1.82) is 0 Å². The summed E-state index contributed by atoms with van der Waals surface area (Å²) in [5.41, 5.74) is -0.820. The van der Waals surface area contributed by atoms with Crippen LogP contribution < -0.4 is 5.32 Å². The fraction of sp³-hybridized carbons (Fsp3) is 0.583. The molecule has 1 heterocycles. The lowest BCUT2D eigenvalue weighted by Gasteiger charge is -2.26. The molecule has 1 fully saturated rings. The lowest BCUT2D eigenvalue weighted by molar-refractivity contribution is -0.137. The van der Waals surface area contributed by atoms with Crippen LogP contribution in [0.5, 0.6) is 0 Å². The van der Waals surface area contributed by atoms with Crippen molar-refractivity contribution in [1.82, 2.24) is 4.98 Å². The van der Waals surface area contributed by atoms with Gasteiger partial charge in [0.05, 0.1) is 5.56 Å². The highest BCUT2D eigenvalue weighted by molar-refractivity contribution is 5.39. The lowest BCUT2D eigenvalue weighted by atomic mass is 9.99. The van der Waals surface area contributed by atoms with Gasteiger partial charge in [0.15, 0.2) is 0 Å². The Morgan fingerprint density at radius 1 is 1.24 bits per heavy atom. The van der Waals surface area contributed by atoms with Crippen LogP contribution in [-0.2, 0) is 6.18 Å². The number of nitrogens with zero attached hydrogens (tertiary/aromatic N) is 1. The number of halogens is 3. The fourth-order valence-corrected chi connectivity index (χ4v) is 1.87. The molecule has 17 heavy (non-hydrogen) atoms. The number of aromatic nitrogens is 1. The van der Waals surface area contributed by atoms with Crippen LogP contribution in [0.2, 0.25) is 0 Å². The first-order valence-corrected chi connectivity index (χ1v) is 5.60. The predicted molar refractivity (Wildman–Crippen MR) is 59.7 cm³/mol. The summed E-state index contributed by atoms with van der Waals surface area (Å²) in [6.45, 7) is 4.09. The second kappa shape index (κ2) is 3.89. The normalized spacial score (nSPS) is 17.0. The van der Waals surface area contributed by atoms with Gasteiger partial charge in [-0.1, -0.05) is 0 Å². The van der Waals surface area contributed by atoms with E-state index < -0.39 is 11.7 Å². The second-order valence-electron chi connectivity index (χ2n) is 5.05. The van der Waals surface area contributed by atoms with E-state index in [2.05, 4.69) is 10.3 Å². The van der Waals surface area contributed by atoms with Crippen LogP contribution in [0.25, 0.3) is 0 Å². The minimum absolute atomic E-state index is 0.104. The van der Waals surface area contributed by atoms with Crippen molar-refractivity contribution in [2.45, 2.75) is 38.4 Å². The van der Waals surface area contributed by atoms with Gasteiger partial charge in [-0.05, 0) is 44.7 Å². The number of rotatable bonds is 3. The molecule has 1 N–H and O–H groups in total. The number of alkyl halides is 3. The Kier molecular flexibility index (Phi) is 2.79. The van der Waals surface area contributed by atoms with E-state index in [4.69, 9.17) is 0 Å². The smallest absolute Gasteiger partial charge is 0.365 e. The molecule has 1 saturated carbocycles. The van der Waals surface area contributed by atoms with E-state index in [0.717, 1.165) is 12.3 Å². The first-order valence-electron chi connectivity index (χ1n) is 5.60. The Labute approximate surface area is 98.2 Å². The molecule has 0 radical (unpaired) electrons. The summed E-state index contributed by atoms with van der Waals surface area (Å²) in [5, 5.41) is 3.18. The molecular formula is C12H15F3N2. The van der Waals surface area contributed by atoms with E-state index in [1.165, 1.54) is 18.9 Å². The predicted octanol–water partition coefficient (Wildman–Crippen LogP) is 3.70. The van der Waals surface area contributed by atoms with Crippen LogP contribution >= 0.6 is 0 Å². The highest BCUT2D eigenvalue weighted by atomic mass is 19.4. The summed E-state index contributed by atoms with van der Waals surface area (Å²) < 4.78 is 37.0. The van der Waals surface area contributed by atoms with E-state index in [9.17, 15) is 13.2 Å². The zero-order valence-electron chi connectivity index (χ0n) is 9.80. The van der Waals surface area contributed by atoms with Gasteiger partial charge in [-0.3, -0.25) is 0 Å².